The molecule has 0 spiro atoms. The van der Waals surface area contributed by atoms with Crippen LogP contribution in [0.15, 0.2) is 120 Å². The number of methoxy groups -OCH3 is 1. The van der Waals surface area contributed by atoms with Gasteiger partial charge in [0.2, 0.25) is 0 Å². The monoisotopic (exact) mass is 547 g/mol. The van der Waals surface area contributed by atoms with Crippen molar-refractivity contribution < 1.29 is 18.7 Å². The zero-order chi connectivity index (χ0) is 27.5. The first-order valence-electron chi connectivity index (χ1n) is 12.7. The van der Waals surface area contributed by atoms with Crippen molar-refractivity contribution >= 4 is 29.0 Å². The lowest BCUT2D eigenvalue weighted by Crippen LogP contribution is -2.29. The zero-order valence-corrected chi connectivity index (χ0v) is 22.4. The van der Waals surface area contributed by atoms with Gasteiger partial charge in [-0.25, -0.2) is 4.79 Å². The largest absolute Gasteiger partial charge is 0.465 e. The van der Waals surface area contributed by atoms with Crippen molar-refractivity contribution in [2.24, 2.45) is 0 Å². The van der Waals surface area contributed by atoms with Gasteiger partial charge in [0.1, 0.15) is 29.1 Å². The van der Waals surface area contributed by atoms with Gasteiger partial charge in [0.05, 0.1) is 24.4 Å². The Morgan fingerprint density at radius 1 is 0.875 bits per heavy atom. The van der Waals surface area contributed by atoms with Gasteiger partial charge in [0.15, 0.2) is 5.11 Å². The maximum Gasteiger partial charge on any atom is 0.337 e. The molecule has 1 aliphatic heterocycles. The van der Waals surface area contributed by atoms with E-state index in [-0.39, 0.29) is 18.1 Å². The highest BCUT2D eigenvalue weighted by Gasteiger charge is 2.42. The van der Waals surface area contributed by atoms with Crippen molar-refractivity contribution in [3.63, 3.8) is 0 Å². The number of rotatable bonds is 7. The van der Waals surface area contributed by atoms with E-state index >= 15 is 0 Å². The molecule has 5 aromatic rings. The van der Waals surface area contributed by atoms with Gasteiger partial charge in [-0.2, -0.15) is 0 Å². The van der Waals surface area contributed by atoms with Gasteiger partial charge in [-0.3, -0.25) is 4.98 Å². The van der Waals surface area contributed by atoms with Gasteiger partial charge < -0.3 is 24.1 Å². The summed E-state index contributed by atoms with van der Waals surface area (Å²) in [4.78, 5) is 18.5. The molecule has 6 rings (SSSR count). The molecule has 198 valence electrons. The molecule has 1 N–H and O–H groups in total. The average Bonchev–Trinajstić information content (AvgIpc) is 3.63. The number of pyridine rings is 1. The van der Waals surface area contributed by atoms with E-state index in [4.69, 9.17) is 26.1 Å². The van der Waals surface area contributed by atoms with Crippen LogP contribution in [0.4, 0.5) is 5.69 Å². The van der Waals surface area contributed by atoms with Crippen LogP contribution >= 0.6 is 12.2 Å². The Bertz CT molecular complexity index is 1620. The highest BCUT2D eigenvalue weighted by atomic mass is 32.1. The lowest BCUT2D eigenvalue weighted by Gasteiger charge is -2.26. The lowest BCUT2D eigenvalue weighted by molar-refractivity contribution is 0.0600. The summed E-state index contributed by atoms with van der Waals surface area (Å²) in [5.74, 6) is 2.51. The van der Waals surface area contributed by atoms with E-state index in [1.807, 2.05) is 102 Å². The van der Waals surface area contributed by atoms with Crippen LogP contribution in [0, 0.1) is 0 Å². The molecule has 0 aliphatic carbocycles. The number of carbonyl (C=O) groups is 1. The van der Waals surface area contributed by atoms with Crippen molar-refractivity contribution in [3.05, 3.63) is 132 Å². The molecule has 3 heterocycles. The Morgan fingerprint density at radius 3 is 2.30 bits per heavy atom. The molecular formula is C32H25N3O4S. The highest BCUT2D eigenvalue weighted by Crippen LogP contribution is 2.43. The Morgan fingerprint density at radius 2 is 1.60 bits per heavy atom. The Hall–Kier alpha value is -4.95. The fourth-order valence-corrected chi connectivity index (χ4v) is 5.12. The number of carbonyl (C=O) groups excluding carboxylic acids is 1. The Balaban J connectivity index is 1.33. The van der Waals surface area contributed by atoms with E-state index in [0.717, 1.165) is 34.2 Å². The number of thiocarbonyl (C=S) groups is 1. The summed E-state index contributed by atoms with van der Waals surface area (Å²) in [5, 5.41) is 4.02. The van der Waals surface area contributed by atoms with Crippen LogP contribution in [0.25, 0.3) is 11.3 Å². The van der Waals surface area contributed by atoms with Gasteiger partial charge in [-0.1, -0.05) is 36.4 Å². The van der Waals surface area contributed by atoms with Crippen molar-refractivity contribution in [2.45, 2.75) is 12.1 Å². The highest BCUT2D eigenvalue weighted by molar-refractivity contribution is 7.80. The number of furan rings is 1. The number of esters is 1. The summed E-state index contributed by atoms with van der Waals surface area (Å²) >= 11 is 5.84. The second-order valence-corrected chi connectivity index (χ2v) is 9.56. The molecule has 1 aliphatic rings. The molecule has 3 aromatic carbocycles. The number of hydrogen-bond acceptors (Lipinski definition) is 6. The SMILES string of the molecule is COC(=O)c1ccc(-c2ccc([C@H]3[C@H](c4ccccn4)NC(=S)N3c3ccc(Oc4ccccc4)cc3)o2)cc1. The third-order valence-electron chi connectivity index (χ3n) is 6.70. The molecule has 0 amide bonds. The van der Waals surface area contributed by atoms with Crippen molar-refractivity contribution in [3.8, 4) is 22.8 Å². The van der Waals surface area contributed by atoms with Crippen LogP contribution in [0.5, 0.6) is 11.5 Å². The fourth-order valence-electron chi connectivity index (χ4n) is 4.78. The van der Waals surface area contributed by atoms with Crippen molar-refractivity contribution in [1.82, 2.24) is 10.3 Å². The molecule has 0 saturated carbocycles. The van der Waals surface area contributed by atoms with Gasteiger partial charge in [-0.05, 0) is 85.0 Å². The molecule has 0 bridgehead atoms. The number of para-hydroxylation sites is 1. The summed E-state index contributed by atoms with van der Waals surface area (Å²) < 4.78 is 17.2. The molecule has 8 heteroatoms. The van der Waals surface area contributed by atoms with Gasteiger partial charge in [0, 0.05) is 17.4 Å². The number of nitrogens with one attached hydrogen (secondary N) is 1. The minimum absolute atomic E-state index is 0.241. The van der Waals surface area contributed by atoms with Crippen molar-refractivity contribution in [2.75, 3.05) is 12.0 Å². The molecule has 1 fully saturated rings. The molecule has 1 saturated heterocycles. The normalized spacial score (nSPS) is 16.4. The number of ether oxygens (including phenoxy) is 2. The van der Waals surface area contributed by atoms with E-state index in [1.165, 1.54) is 7.11 Å². The summed E-state index contributed by atoms with van der Waals surface area (Å²) in [6.07, 6.45) is 1.77. The van der Waals surface area contributed by atoms with Crippen LogP contribution < -0.4 is 15.0 Å². The second-order valence-electron chi connectivity index (χ2n) is 9.18. The summed E-state index contributed by atoms with van der Waals surface area (Å²) in [6.45, 7) is 0. The number of anilines is 1. The fraction of sp³-hybridized carbons (Fsp3) is 0.0938. The smallest absolute Gasteiger partial charge is 0.337 e. The topological polar surface area (TPSA) is 76.8 Å². The molecule has 7 nitrogen and oxygen atoms in total. The van der Waals surface area contributed by atoms with E-state index in [0.29, 0.717) is 16.4 Å². The minimum atomic E-state index is -0.383. The van der Waals surface area contributed by atoms with E-state index in [1.54, 1.807) is 18.3 Å². The van der Waals surface area contributed by atoms with Gasteiger partial charge >= 0.3 is 5.97 Å². The second kappa shape index (κ2) is 11.0. The first-order chi connectivity index (χ1) is 19.6. The summed E-state index contributed by atoms with van der Waals surface area (Å²) in [6, 6.07) is 33.7. The van der Waals surface area contributed by atoms with Crippen LogP contribution in [0.1, 0.15) is 33.9 Å². The average molecular weight is 548 g/mol. The first kappa shape index (κ1) is 25.3. The predicted molar refractivity (Wildman–Crippen MR) is 156 cm³/mol. The molecule has 2 atom stereocenters. The summed E-state index contributed by atoms with van der Waals surface area (Å²) in [7, 11) is 1.36. The van der Waals surface area contributed by atoms with E-state index in [9.17, 15) is 4.79 Å². The molecule has 40 heavy (non-hydrogen) atoms. The van der Waals surface area contributed by atoms with E-state index in [2.05, 4.69) is 10.3 Å². The third-order valence-corrected chi connectivity index (χ3v) is 7.02. The number of benzene rings is 3. The first-order valence-corrected chi connectivity index (χ1v) is 13.1. The van der Waals surface area contributed by atoms with Crippen LogP contribution in [-0.4, -0.2) is 23.2 Å². The summed E-state index contributed by atoms with van der Waals surface area (Å²) in [5.41, 5.74) is 3.06. The molecule has 0 unspecified atom stereocenters. The lowest BCUT2D eigenvalue weighted by atomic mass is 10.0. The van der Waals surface area contributed by atoms with Crippen molar-refractivity contribution in [1.29, 1.82) is 0 Å². The molecule has 0 radical (unpaired) electrons. The minimum Gasteiger partial charge on any atom is -0.465 e. The predicted octanol–water partition coefficient (Wildman–Crippen LogP) is 7.10. The van der Waals surface area contributed by atoms with Crippen LogP contribution in [0.3, 0.4) is 0 Å². The van der Waals surface area contributed by atoms with Crippen LogP contribution in [-0.2, 0) is 4.74 Å². The van der Waals surface area contributed by atoms with Gasteiger partial charge in [-0.15, -0.1) is 0 Å². The van der Waals surface area contributed by atoms with Gasteiger partial charge in [0.25, 0.3) is 0 Å². The number of nitrogens with zero attached hydrogens (tertiary/aromatic N) is 2. The quantitative estimate of drug-likeness (QED) is 0.171. The number of hydrogen-bond donors (Lipinski definition) is 1. The zero-order valence-electron chi connectivity index (χ0n) is 21.6. The third kappa shape index (κ3) is 5.04. The molecule has 2 aromatic heterocycles. The maximum atomic E-state index is 11.8. The Kier molecular flexibility index (Phi) is 6.99. The molecular weight excluding hydrogens is 522 g/mol. The standard InChI is InChI=1S/C32H25N3O4S/c1-37-31(36)22-12-10-21(11-13-22)27-18-19-28(39-27)30-29(26-9-5-6-20-33-26)34-32(40)35(30)23-14-16-25(17-15-23)38-24-7-3-2-4-8-24/h2-20,29-30H,1H3,(H,34,40)/t29-,30-/m0/s1. The number of aromatic nitrogens is 1. The Labute approximate surface area is 237 Å². The van der Waals surface area contributed by atoms with Crippen LogP contribution in [0.2, 0.25) is 0 Å². The van der Waals surface area contributed by atoms with E-state index < -0.39 is 0 Å². The maximum absolute atomic E-state index is 11.8.